The largest absolute Gasteiger partial charge is 0.376 e. The third-order valence-corrected chi connectivity index (χ3v) is 3.52. The van der Waals surface area contributed by atoms with Crippen molar-refractivity contribution in [1.29, 1.82) is 0 Å². The van der Waals surface area contributed by atoms with Crippen LogP contribution >= 0.6 is 0 Å². The predicted molar refractivity (Wildman–Crippen MR) is 71.1 cm³/mol. The number of nitrogens with zero attached hydrogens (tertiary/aromatic N) is 3. The first-order valence-electron chi connectivity index (χ1n) is 6.76. The van der Waals surface area contributed by atoms with E-state index >= 15 is 0 Å². The van der Waals surface area contributed by atoms with Gasteiger partial charge in [-0.25, -0.2) is 0 Å². The second-order valence-electron chi connectivity index (χ2n) is 5.35. The van der Waals surface area contributed by atoms with Crippen molar-refractivity contribution in [2.75, 3.05) is 45.1 Å². The maximum absolute atomic E-state index is 13.5. The van der Waals surface area contributed by atoms with Gasteiger partial charge < -0.3 is 10.2 Å². The highest BCUT2D eigenvalue weighted by atomic mass is 19.2. The number of anilines is 1. The molecule has 1 saturated heterocycles. The van der Waals surface area contributed by atoms with E-state index in [2.05, 4.69) is 20.1 Å². The van der Waals surface area contributed by atoms with E-state index in [1.807, 2.05) is 7.05 Å². The van der Waals surface area contributed by atoms with E-state index < -0.39 is 29.2 Å². The summed E-state index contributed by atoms with van der Waals surface area (Å²) in [5.41, 5.74) is -0.804. The maximum atomic E-state index is 13.5. The SMILES string of the molecule is CC(CN1CCN(C)CC1)Nc1c(F)c(F)nc(F)c1F. The summed E-state index contributed by atoms with van der Waals surface area (Å²) in [4.78, 5) is 6.83. The van der Waals surface area contributed by atoms with Gasteiger partial charge in [0, 0.05) is 38.8 Å². The highest BCUT2D eigenvalue weighted by Crippen LogP contribution is 2.22. The number of aromatic nitrogens is 1. The van der Waals surface area contributed by atoms with Gasteiger partial charge in [0.2, 0.25) is 11.6 Å². The van der Waals surface area contributed by atoms with Gasteiger partial charge in [0.05, 0.1) is 0 Å². The van der Waals surface area contributed by atoms with E-state index in [4.69, 9.17) is 0 Å². The molecule has 4 nitrogen and oxygen atoms in total. The van der Waals surface area contributed by atoms with E-state index in [-0.39, 0.29) is 6.04 Å². The van der Waals surface area contributed by atoms with E-state index in [9.17, 15) is 17.6 Å². The summed E-state index contributed by atoms with van der Waals surface area (Å²) in [6, 6.07) is -0.362. The molecule has 0 bridgehead atoms. The van der Waals surface area contributed by atoms with Crippen LogP contribution in [0.1, 0.15) is 6.92 Å². The maximum Gasteiger partial charge on any atom is 0.253 e. The zero-order valence-corrected chi connectivity index (χ0v) is 12.0. The molecule has 118 valence electrons. The van der Waals surface area contributed by atoms with Crippen LogP contribution in [0.5, 0.6) is 0 Å². The molecule has 0 aromatic carbocycles. The summed E-state index contributed by atoms with van der Waals surface area (Å²) < 4.78 is 53.1. The molecule has 1 fully saturated rings. The molecule has 1 aliphatic rings. The average molecular weight is 306 g/mol. The van der Waals surface area contributed by atoms with Crippen LogP contribution in [0.3, 0.4) is 0 Å². The average Bonchev–Trinajstić information content (AvgIpc) is 2.44. The van der Waals surface area contributed by atoms with Crippen LogP contribution in [0, 0.1) is 23.5 Å². The summed E-state index contributed by atoms with van der Waals surface area (Å²) in [6.07, 6.45) is 0. The molecule has 0 spiro atoms. The number of hydrogen-bond acceptors (Lipinski definition) is 4. The smallest absolute Gasteiger partial charge is 0.253 e. The van der Waals surface area contributed by atoms with Crippen LogP contribution in [0.15, 0.2) is 0 Å². The summed E-state index contributed by atoms with van der Waals surface area (Å²) in [5.74, 6) is -6.30. The lowest BCUT2D eigenvalue weighted by atomic mass is 10.2. The lowest BCUT2D eigenvalue weighted by molar-refractivity contribution is 0.151. The van der Waals surface area contributed by atoms with Crippen molar-refractivity contribution in [2.45, 2.75) is 13.0 Å². The first-order valence-corrected chi connectivity index (χ1v) is 6.76. The van der Waals surface area contributed by atoms with Gasteiger partial charge in [-0.05, 0) is 14.0 Å². The van der Waals surface area contributed by atoms with Crippen LogP contribution in [0.2, 0.25) is 0 Å². The Kier molecular flexibility index (Phi) is 5.00. The molecule has 21 heavy (non-hydrogen) atoms. The third-order valence-electron chi connectivity index (χ3n) is 3.52. The van der Waals surface area contributed by atoms with Gasteiger partial charge >= 0.3 is 0 Å². The Morgan fingerprint density at radius 2 is 1.57 bits per heavy atom. The number of piperazine rings is 1. The number of halogens is 4. The van der Waals surface area contributed by atoms with Crippen LogP contribution in [-0.4, -0.2) is 60.6 Å². The summed E-state index contributed by atoms with van der Waals surface area (Å²) >= 11 is 0. The van der Waals surface area contributed by atoms with E-state index in [0.717, 1.165) is 26.2 Å². The highest BCUT2D eigenvalue weighted by Gasteiger charge is 2.23. The molecule has 0 radical (unpaired) electrons. The van der Waals surface area contributed by atoms with E-state index in [0.29, 0.717) is 6.54 Å². The van der Waals surface area contributed by atoms with Gasteiger partial charge in [0.1, 0.15) is 5.69 Å². The van der Waals surface area contributed by atoms with Gasteiger partial charge in [-0.2, -0.15) is 22.5 Å². The van der Waals surface area contributed by atoms with Crippen LogP contribution in [-0.2, 0) is 0 Å². The molecule has 1 N–H and O–H groups in total. The highest BCUT2D eigenvalue weighted by molar-refractivity contribution is 5.46. The molecular weight excluding hydrogens is 288 g/mol. The topological polar surface area (TPSA) is 31.4 Å². The lowest BCUT2D eigenvalue weighted by Gasteiger charge is -2.34. The molecule has 2 rings (SSSR count). The molecule has 2 heterocycles. The first-order chi connectivity index (χ1) is 9.88. The number of nitrogens with one attached hydrogen (secondary N) is 1. The molecule has 1 aliphatic heterocycles. The number of hydrogen-bond donors (Lipinski definition) is 1. The molecule has 0 saturated carbocycles. The Hall–Kier alpha value is -1.41. The van der Waals surface area contributed by atoms with Crippen LogP contribution in [0.25, 0.3) is 0 Å². The Balaban J connectivity index is 2.01. The third kappa shape index (κ3) is 3.82. The lowest BCUT2D eigenvalue weighted by Crippen LogP contribution is -2.47. The summed E-state index contributed by atoms with van der Waals surface area (Å²) in [6.45, 7) is 5.73. The minimum Gasteiger partial charge on any atom is -0.376 e. The van der Waals surface area contributed by atoms with Gasteiger partial charge in [0.15, 0.2) is 0 Å². The van der Waals surface area contributed by atoms with Crippen molar-refractivity contribution >= 4 is 5.69 Å². The standard InChI is InChI=1S/C13H18F4N4/c1-8(7-21-5-3-20(2)4-6-21)18-11-9(14)12(16)19-13(17)10(11)15/h8H,3-7H2,1-2H3,(H,18,19). The van der Waals surface area contributed by atoms with Crippen LogP contribution in [0.4, 0.5) is 23.2 Å². The second kappa shape index (κ2) is 6.57. The summed E-state index contributed by atoms with van der Waals surface area (Å²) in [7, 11) is 2.02. The van der Waals surface area contributed by atoms with Gasteiger partial charge in [0.25, 0.3) is 11.9 Å². The molecule has 1 aromatic heterocycles. The second-order valence-corrected chi connectivity index (χ2v) is 5.35. The minimum absolute atomic E-state index is 0.362. The fraction of sp³-hybridized carbons (Fsp3) is 0.615. The summed E-state index contributed by atoms with van der Waals surface area (Å²) in [5, 5.41) is 2.49. The monoisotopic (exact) mass is 306 g/mol. The number of rotatable bonds is 4. The molecule has 0 aliphatic carbocycles. The number of pyridine rings is 1. The van der Waals surface area contributed by atoms with Crippen molar-refractivity contribution in [3.8, 4) is 0 Å². The van der Waals surface area contributed by atoms with Gasteiger partial charge in [-0.1, -0.05) is 0 Å². The van der Waals surface area contributed by atoms with Crippen molar-refractivity contribution in [1.82, 2.24) is 14.8 Å². The zero-order chi connectivity index (χ0) is 15.6. The molecule has 0 amide bonds. The van der Waals surface area contributed by atoms with E-state index in [1.54, 1.807) is 6.92 Å². The predicted octanol–water partition coefficient (Wildman–Crippen LogP) is 1.69. The van der Waals surface area contributed by atoms with Crippen molar-refractivity contribution < 1.29 is 17.6 Å². The Labute approximate surface area is 120 Å². The molecule has 1 atom stereocenters. The Bertz CT molecular complexity index is 477. The van der Waals surface area contributed by atoms with Gasteiger partial charge in [-0.15, -0.1) is 0 Å². The quantitative estimate of drug-likeness (QED) is 0.677. The molecule has 8 heteroatoms. The fourth-order valence-electron chi connectivity index (χ4n) is 2.32. The normalized spacial score (nSPS) is 18.8. The Morgan fingerprint density at radius 1 is 1.05 bits per heavy atom. The van der Waals surface area contributed by atoms with Crippen LogP contribution < -0.4 is 5.32 Å². The molecule has 1 aromatic rings. The van der Waals surface area contributed by atoms with Gasteiger partial charge in [-0.3, -0.25) is 4.90 Å². The zero-order valence-electron chi connectivity index (χ0n) is 12.0. The van der Waals surface area contributed by atoms with E-state index in [1.165, 1.54) is 0 Å². The van der Waals surface area contributed by atoms with Crippen molar-refractivity contribution in [3.63, 3.8) is 0 Å². The molecular formula is C13H18F4N4. The minimum atomic E-state index is -1.65. The number of likely N-dealkylation sites (N-methyl/N-ethyl adjacent to an activating group) is 1. The molecule has 1 unspecified atom stereocenters. The fourth-order valence-corrected chi connectivity index (χ4v) is 2.32. The Morgan fingerprint density at radius 3 is 2.10 bits per heavy atom. The van der Waals surface area contributed by atoms with Crippen molar-refractivity contribution in [3.05, 3.63) is 23.5 Å². The van der Waals surface area contributed by atoms with Crippen molar-refractivity contribution in [2.24, 2.45) is 0 Å². The first kappa shape index (κ1) is 16.0.